The highest BCUT2D eigenvalue weighted by atomic mass is 19.1. The quantitative estimate of drug-likeness (QED) is 0.252. The lowest BCUT2D eigenvalue weighted by Gasteiger charge is -2.27. The molecule has 208 valence electrons. The molecule has 1 saturated heterocycles. The number of halogens is 3. The molecule has 0 spiro atoms. The first-order valence-corrected chi connectivity index (χ1v) is 12.9. The van der Waals surface area contributed by atoms with Crippen molar-refractivity contribution in [1.82, 2.24) is 19.5 Å². The molecule has 8 nitrogen and oxygen atoms in total. The Kier molecular flexibility index (Phi) is 7.10. The van der Waals surface area contributed by atoms with E-state index in [0.717, 1.165) is 18.6 Å². The van der Waals surface area contributed by atoms with E-state index in [1.54, 1.807) is 41.0 Å². The van der Waals surface area contributed by atoms with Crippen molar-refractivity contribution in [3.63, 3.8) is 0 Å². The maximum absolute atomic E-state index is 15.4. The lowest BCUT2D eigenvalue weighted by Crippen LogP contribution is -2.32. The Balaban J connectivity index is 1.24. The van der Waals surface area contributed by atoms with Crippen LogP contribution in [0.15, 0.2) is 66.7 Å². The molecule has 4 heterocycles. The third-order valence-electron chi connectivity index (χ3n) is 6.88. The molecular weight excluding hydrogens is 537 g/mol. The first-order chi connectivity index (χ1) is 19.8. The number of hydrogen-bond donors (Lipinski definition) is 1. The van der Waals surface area contributed by atoms with E-state index in [4.69, 9.17) is 9.47 Å². The van der Waals surface area contributed by atoms with Gasteiger partial charge in [0, 0.05) is 36.3 Å². The van der Waals surface area contributed by atoms with Crippen molar-refractivity contribution in [3.05, 3.63) is 107 Å². The minimum Gasteiger partial charge on any atom is -0.477 e. The highest BCUT2D eigenvalue weighted by molar-refractivity contribution is 5.88. The van der Waals surface area contributed by atoms with E-state index in [1.807, 2.05) is 0 Å². The highest BCUT2D eigenvalue weighted by Crippen LogP contribution is 2.26. The van der Waals surface area contributed by atoms with Gasteiger partial charge in [-0.2, -0.15) is 0 Å². The standard InChI is InChI=1S/C30H23F3N4O4/c31-20-7-6-19(23(33)14-20)16-41-28-3-1-2-24(35-28)18-5-4-17(22(32)12-18)13-27-34-25-8-9-26(30(38)39)36-29(25)37(27)15-21-10-11-40-21/h1-9,12,14,21H,10-11,13,15-16H2,(H,38,39)/t21-/m0/s1. The molecule has 1 fully saturated rings. The summed E-state index contributed by atoms with van der Waals surface area (Å²) in [6.07, 6.45) is 0.959. The predicted octanol–water partition coefficient (Wildman–Crippen LogP) is 5.57. The average Bonchev–Trinajstić information content (AvgIpc) is 3.27. The first-order valence-electron chi connectivity index (χ1n) is 12.9. The van der Waals surface area contributed by atoms with Gasteiger partial charge in [0.05, 0.1) is 18.3 Å². The molecule has 0 bridgehead atoms. The number of pyridine rings is 2. The van der Waals surface area contributed by atoms with Crippen LogP contribution in [0.4, 0.5) is 13.2 Å². The maximum atomic E-state index is 15.4. The van der Waals surface area contributed by atoms with Gasteiger partial charge in [-0.25, -0.2) is 32.9 Å². The number of carboxylic acid groups (broad SMARTS) is 1. The molecule has 0 amide bonds. The third-order valence-corrected chi connectivity index (χ3v) is 6.88. The second-order valence-electron chi connectivity index (χ2n) is 9.63. The summed E-state index contributed by atoms with van der Waals surface area (Å²) in [6, 6.07) is 15.9. The number of imidazole rings is 1. The summed E-state index contributed by atoms with van der Waals surface area (Å²) in [4.78, 5) is 24.8. The predicted molar refractivity (Wildman–Crippen MR) is 142 cm³/mol. The minimum absolute atomic E-state index is 0.0474. The second kappa shape index (κ2) is 11.0. The van der Waals surface area contributed by atoms with Gasteiger partial charge in [-0.1, -0.05) is 18.2 Å². The summed E-state index contributed by atoms with van der Waals surface area (Å²) in [5.74, 6) is -2.26. The van der Waals surface area contributed by atoms with Gasteiger partial charge in [-0.3, -0.25) is 0 Å². The SMILES string of the molecule is O=C(O)c1ccc2nc(Cc3ccc(-c4cccc(OCc5ccc(F)cc5F)n4)cc3F)n(C[C@@H]3CCO3)c2n1. The second-order valence-corrected chi connectivity index (χ2v) is 9.63. The zero-order chi connectivity index (χ0) is 28.5. The Morgan fingerprint density at radius 1 is 0.976 bits per heavy atom. The van der Waals surface area contributed by atoms with Gasteiger partial charge < -0.3 is 19.1 Å². The molecule has 1 N–H and O–H groups in total. The third kappa shape index (κ3) is 5.62. The fourth-order valence-electron chi connectivity index (χ4n) is 4.59. The number of ether oxygens (including phenoxy) is 2. The van der Waals surface area contributed by atoms with E-state index in [1.165, 1.54) is 18.2 Å². The van der Waals surface area contributed by atoms with Crippen LogP contribution in [0.2, 0.25) is 0 Å². The van der Waals surface area contributed by atoms with Crippen LogP contribution in [0.1, 0.15) is 33.9 Å². The molecule has 1 atom stereocenters. The van der Waals surface area contributed by atoms with Crippen molar-refractivity contribution in [3.8, 4) is 17.1 Å². The number of carboxylic acids is 1. The van der Waals surface area contributed by atoms with Crippen molar-refractivity contribution in [2.75, 3.05) is 6.61 Å². The summed E-state index contributed by atoms with van der Waals surface area (Å²) >= 11 is 0. The smallest absolute Gasteiger partial charge is 0.354 e. The van der Waals surface area contributed by atoms with Crippen LogP contribution < -0.4 is 4.74 Å². The number of fused-ring (bicyclic) bond motifs is 1. The van der Waals surface area contributed by atoms with Gasteiger partial charge in [0.1, 0.15) is 35.4 Å². The van der Waals surface area contributed by atoms with Gasteiger partial charge in [0.2, 0.25) is 5.88 Å². The highest BCUT2D eigenvalue weighted by Gasteiger charge is 2.24. The number of aromatic nitrogens is 4. The Bertz CT molecular complexity index is 1770. The molecule has 11 heteroatoms. The monoisotopic (exact) mass is 560 g/mol. The van der Waals surface area contributed by atoms with E-state index < -0.39 is 23.4 Å². The van der Waals surface area contributed by atoms with Crippen LogP contribution in [0.3, 0.4) is 0 Å². The summed E-state index contributed by atoms with van der Waals surface area (Å²) < 4.78 is 55.4. The Hall–Kier alpha value is -4.77. The molecule has 5 aromatic rings. The minimum atomic E-state index is -1.14. The summed E-state index contributed by atoms with van der Waals surface area (Å²) in [6.45, 7) is 0.936. The first kappa shape index (κ1) is 26.5. The molecular formula is C30H23F3N4O4. The number of carbonyl (C=O) groups is 1. The van der Waals surface area contributed by atoms with Crippen LogP contribution in [0.25, 0.3) is 22.4 Å². The van der Waals surface area contributed by atoms with E-state index in [-0.39, 0.29) is 36.3 Å². The number of hydrogen-bond acceptors (Lipinski definition) is 6. The molecule has 1 aliphatic rings. The van der Waals surface area contributed by atoms with E-state index in [9.17, 15) is 18.7 Å². The van der Waals surface area contributed by atoms with Crippen molar-refractivity contribution in [2.24, 2.45) is 0 Å². The molecule has 2 aromatic carbocycles. The summed E-state index contributed by atoms with van der Waals surface area (Å²) in [7, 11) is 0. The van der Waals surface area contributed by atoms with E-state index in [0.29, 0.717) is 47.0 Å². The normalized spacial score (nSPS) is 14.7. The molecule has 0 radical (unpaired) electrons. The van der Waals surface area contributed by atoms with Crippen LogP contribution >= 0.6 is 0 Å². The largest absolute Gasteiger partial charge is 0.477 e. The molecule has 6 rings (SSSR count). The van der Waals surface area contributed by atoms with Crippen molar-refractivity contribution in [2.45, 2.75) is 32.1 Å². The van der Waals surface area contributed by atoms with E-state index in [2.05, 4.69) is 15.0 Å². The number of aromatic carboxylic acids is 1. The summed E-state index contributed by atoms with van der Waals surface area (Å²) in [5.41, 5.74) is 2.35. The Labute approximate surface area is 232 Å². The van der Waals surface area contributed by atoms with Crippen LogP contribution in [-0.4, -0.2) is 43.3 Å². The molecule has 0 unspecified atom stereocenters. The Morgan fingerprint density at radius 3 is 2.51 bits per heavy atom. The zero-order valence-electron chi connectivity index (χ0n) is 21.6. The van der Waals surface area contributed by atoms with Crippen LogP contribution in [0, 0.1) is 17.5 Å². The zero-order valence-corrected chi connectivity index (χ0v) is 21.6. The van der Waals surface area contributed by atoms with Crippen molar-refractivity contribution < 1.29 is 32.5 Å². The van der Waals surface area contributed by atoms with Crippen LogP contribution in [-0.2, 0) is 24.3 Å². The summed E-state index contributed by atoms with van der Waals surface area (Å²) in [5, 5.41) is 9.39. The fourth-order valence-corrected chi connectivity index (χ4v) is 4.59. The fraction of sp³-hybridized carbons (Fsp3) is 0.200. The lowest BCUT2D eigenvalue weighted by atomic mass is 10.1. The van der Waals surface area contributed by atoms with Gasteiger partial charge in [0.15, 0.2) is 11.3 Å². The van der Waals surface area contributed by atoms with Gasteiger partial charge >= 0.3 is 5.97 Å². The van der Waals surface area contributed by atoms with Gasteiger partial charge in [-0.05, 0) is 48.4 Å². The molecule has 0 aliphatic carbocycles. The topological polar surface area (TPSA) is 99.4 Å². The van der Waals surface area contributed by atoms with Crippen molar-refractivity contribution in [1.29, 1.82) is 0 Å². The van der Waals surface area contributed by atoms with Gasteiger partial charge in [-0.15, -0.1) is 0 Å². The molecule has 41 heavy (non-hydrogen) atoms. The molecule has 3 aromatic heterocycles. The van der Waals surface area contributed by atoms with Crippen molar-refractivity contribution >= 4 is 17.1 Å². The average molecular weight is 561 g/mol. The molecule has 1 aliphatic heterocycles. The van der Waals surface area contributed by atoms with E-state index >= 15 is 4.39 Å². The lowest BCUT2D eigenvalue weighted by molar-refractivity contribution is -0.0590. The maximum Gasteiger partial charge on any atom is 0.354 e. The number of benzene rings is 2. The Morgan fingerprint density at radius 2 is 1.78 bits per heavy atom. The number of rotatable bonds is 9. The number of nitrogens with zero attached hydrogens (tertiary/aromatic N) is 4. The molecule has 0 saturated carbocycles. The van der Waals surface area contributed by atoms with Crippen LogP contribution in [0.5, 0.6) is 5.88 Å². The van der Waals surface area contributed by atoms with Gasteiger partial charge in [0.25, 0.3) is 0 Å².